The van der Waals surface area contributed by atoms with Crippen molar-refractivity contribution in [3.05, 3.63) is 0 Å². The topological polar surface area (TPSA) is 3.24 Å². The Morgan fingerprint density at radius 1 is 0.652 bits per heavy atom. The first-order chi connectivity index (χ1) is 11.0. The lowest BCUT2D eigenvalue weighted by molar-refractivity contribution is 0.0142. The lowest BCUT2D eigenvalue weighted by Crippen LogP contribution is -2.47. The minimum absolute atomic E-state index is 0.747. The van der Waals surface area contributed by atoms with Gasteiger partial charge in [-0.15, -0.1) is 0 Å². The van der Waals surface area contributed by atoms with Crippen molar-refractivity contribution in [2.75, 3.05) is 13.1 Å². The zero-order chi connectivity index (χ0) is 16.4. The highest BCUT2D eigenvalue weighted by molar-refractivity contribution is 4.93. The summed E-state index contributed by atoms with van der Waals surface area (Å²) >= 11 is 0. The van der Waals surface area contributed by atoms with Crippen LogP contribution in [-0.4, -0.2) is 24.0 Å². The Bertz CT molecular complexity index is 346. The summed E-state index contributed by atoms with van der Waals surface area (Å²) in [7, 11) is 0. The van der Waals surface area contributed by atoms with Crippen LogP contribution in [0.25, 0.3) is 0 Å². The van der Waals surface area contributed by atoms with E-state index in [0.29, 0.717) is 0 Å². The third-order valence-corrected chi connectivity index (χ3v) is 8.09. The van der Waals surface area contributed by atoms with Crippen LogP contribution in [-0.2, 0) is 0 Å². The van der Waals surface area contributed by atoms with Crippen molar-refractivity contribution >= 4 is 0 Å². The maximum atomic E-state index is 2.89. The zero-order valence-corrected chi connectivity index (χ0v) is 16.3. The maximum Gasteiger partial charge on any atom is 0.00954 e. The Hall–Kier alpha value is -0.0400. The number of hydrogen-bond donors (Lipinski definition) is 0. The highest BCUT2D eigenvalue weighted by Crippen LogP contribution is 2.48. The molecule has 3 fully saturated rings. The van der Waals surface area contributed by atoms with Crippen molar-refractivity contribution in [1.82, 2.24) is 4.90 Å². The number of rotatable bonds is 3. The second-order valence-corrected chi connectivity index (χ2v) is 9.93. The molecule has 0 aromatic carbocycles. The van der Waals surface area contributed by atoms with Gasteiger partial charge in [0.05, 0.1) is 0 Å². The van der Waals surface area contributed by atoms with E-state index in [0.717, 1.165) is 35.1 Å². The molecule has 1 heteroatoms. The Kier molecular flexibility index (Phi) is 5.76. The van der Waals surface area contributed by atoms with E-state index in [1.54, 1.807) is 0 Å². The molecule has 0 bridgehead atoms. The summed E-state index contributed by atoms with van der Waals surface area (Å²) in [6.45, 7) is 12.5. The number of nitrogens with zero attached hydrogens (tertiary/aromatic N) is 1. The first kappa shape index (κ1) is 17.8. The molecule has 2 saturated carbocycles. The molecule has 1 nitrogen and oxygen atoms in total. The Morgan fingerprint density at radius 2 is 1.13 bits per heavy atom. The molecule has 0 aromatic rings. The lowest BCUT2D eigenvalue weighted by atomic mass is 9.63. The van der Waals surface area contributed by atoms with E-state index in [1.807, 2.05) is 0 Å². The van der Waals surface area contributed by atoms with Crippen LogP contribution in [0.3, 0.4) is 0 Å². The number of hydrogen-bond acceptors (Lipinski definition) is 1. The van der Waals surface area contributed by atoms with Gasteiger partial charge in [0, 0.05) is 6.04 Å². The zero-order valence-electron chi connectivity index (χ0n) is 16.3. The van der Waals surface area contributed by atoms with Crippen molar-refractivity contribution in [1.29, 1.82) is 0 Å². The second-order valence-electron chi connectivity index (χ2n) is 9.93. The fraction of sp³-hybridized carbons (Fsp3) is 1.00. The van der Waals surface area contributed by atoms with Crippen LogP contribution >= 0.6 is 0 Å². The van der Waals surface area contributed by atoms with Crippen molar-refractivity contribution in [3.63, 3.8) is 0 Å². The Morgan fingerprint density at radius 3 is 1.61 bits per heavy atom. The molecular weight excluding hydrogens is 278 g/mol. The first-order valence-electron chi connectivity index (χ1n) is 10.7. The predicted molar refractivity (Wildman–Crippen MR) is 101 cm³/mol. The van der Waals surface area contributed by atoms with Crippen molar-refractivity contribution in [2.45, 2.75) is 97.9 Å². The molecule has 3 rings (SSSR count). The van der Waals surface area contributed by atoms with Crippen LogP contribution in [0.1, 0.15) is 91.9 Å². The number of piperidine rings is 1. The van der Waals surface area contributed by atoms with Crippen molar-refractivity contribution < 1.29 is 0 Å². The van der Waals surface area contributed by atoms with Gasteiger partial charge in [-0.05, 0) is 106 Å². The maximum absolute atomic E-state index is 2.89. The molecule has 1 saturated heterocycles. The smallest absolute Gasteiger partial charge is 0.00954 e. The van der Waals surface area contributed by atoms with Gasteiger partial charge in [-0.1, -0.05) is 27.7 Å². The fourth-order valence-electron chi connectivity index (χ4n) is 5.92. The van der Waals surface area contributed by atoms with Crippen LogP contribution in [0.15, 0.2) is 0 Å². The molecule has 23 heavy (non-hydrogen) atoms. The molecule has 1 heterocycles. The second kappa shape index (κ2) is 7.46. The SMILES string of the molecule is CC(C)C1CCC(N2CCC3(CCC(C(C)C)CC3)CC2)CC1. The molecule has 0 aromatic heterocycles. The molecule has 134 valence electrons. The molecule has 0 N–H and O–H groups in total. The molecule has 1 spiro atoms. The van der Waals surface area contributed by atoms with Gasteiger partial charge in [-0.25, -0.2) is 0 Å². The van der Waals surface area contributed by atoms with E-state index in [-0.39, 0.29) is 0 Å². The molecule has 0 unspecified atom stereocenters. The Balaban J connectivity index is 1.44. The summed E-state index contributed by atoms with van der Waals surface area (Å²) in [4.78, 5) is 2.89. The van der Waals surface area contributed by atoms with Gasteiger partial charge in [0.25, 0.3) is 0 Å². The fourth-order valence-corrected chi connectivity index (χ4v) is 5.92. The van der Waals surface area contributed by atoms with Gasteiger partial charge in [0.15, 0.2) is 0 Å². The lowest BCUT2D eigenvalue weighted by Gasteiger charge is -2.49. The Labute approximate surface area is 145 Å². The van der Waals surface area contributed by atoms with E-state index in [9.17, 15) is 0 Å². The standard InChI is InChI=1S/C22H41N/c1-17(2)19-5-7-21(8-6-19)23-15-13-22(14-16-23)11-9-20(10-12-22)18(3)4/h17-21H,5-16H2,1-4H3. The molecule has 0 atom stereocenters. The average molecular weight is 320 g/mol. The molecule has 3 aliphatic rings. The van der Waals surface area contributed by atoms with Crippen LogP contribution in [0, 0.1) is 29.1 Å². The van der Waals surface area contributed by atoms with Gasteiger partial charge in [-0.3, -0.25) is 0 Å². The van der Waals surface area contributed by atoms with Gasteiger partial charge in [0.1, 0.15) is 0 Å². The largest absolute Gasteiger partial charge is 0.300 e. The van der Waals surface area contributed by atoms with Gasteiger partial charge >= 0.3 is 0 Å². The summed E-state index contributed by atoms with van der Waals surface area (Å²) in [5.41, 5.74) is 0.747. The highest BCUT2D eigenvalue weighted by atomic mass is 15.2. The minimum Gasteiger partial charge on any atom is -0.300 e. The highest BCUT2D eigenvalue weighted by Gasteiger charge is 2.40. The van der Waals surface area contributed by atoms with Crippen LogP contribution < -0.4 is 0 Å². The summed E-state index contributed by atoms with van der Waals surface area (Å²) in [6.07, 6.45) is 15.0. The van der Waals surface area contributed by atoms with E-state index in [1.165, 1.54) is 77.3 Å². The summed E-state index contributed by atoms with van der Waals surface area (Å²) < 4.78 is 0. The van der Waals surface area contributed by atoms with Gasteiger partial charge in [-0.2, -0.15) is 0 Å². The normalized spacial score (nSPS) is 33.7. The van der Waals surface area contributed by atoms with Gasteiger partial charge in [0.2, 0.25) is 0 Å². The summed E-state index contributed by atoms with van der Waals surface area (Å²) in [6, 6.07) is 0.925. The first-order valence-corrected chi connectivity index (χ1v) is 10.7. The summed E-state index contributed by atoms with van der Waals surface area (Å²) in [5, 5.41) is 0. The quantitative estimate of drug-likeness (QED) is 0.605. The average Bonchev–Trinajstić information content (AvgIpc) is 2.56. The summed E-state index contributed by atoms with van der Waals surface area (Å²) in [5.74, 6) is 3.83. The van der Waals surface area contributed by atoms with Crippen LogP contribution in [0.2, 0.25) is 0 Å². The van der Waals surface area contributed by atoms with Crippen LogP contribution in [0.4, 0.5) is 0 Å². The monoisotopic (exact) mass is 319 g/mol. The third-order valence-electron chi connectivity index (χ3n) is 8.09. The van der Waals surface area contributed by atoms with E-state index in [2.05, 4.69) is 32.6 Å². The van der Waals surface area contributed by atoms with Gasteiger partial charge < -0.3 is 4.90 Å². The van der Waals surface area contributed by atoms with Crippen molar-refractivity contribution in [3.8, 4) is 0 Å². The van der Waals surface area contributed by atoms with E-state index >= 15 is 0 Å². The van der Waals surface area contributed by atoms with Crippen LogP contribution in [0.5, 0.6) is 0 Å². The minimum atomic E-state index is 0.747. The third kappa shape index (κ3) is 4.14. The van der Waals surface area contributed by atoms with E-state index < -0.39 is 0 Å². The predicted octanol–water partition coefficient (Wildman–Crippen LogP) is 6.13. The number of likely N-dealkylation sites (tertiary alicyclic amines) is 1. The molecule has 2 aliphatic carbocycles. The molecule has 1 aliphatic heterocycles. The van der Waals surface area contributed by atoms with Crippen molar-refractivity contribution in [2.24, 2.45) is 29.1 Å². The molecule has 0 radical (unpaired) electrons. The van der Waals surface area contributed by atoms with E-state index in [4.69, 9.17) is 0 Å². The molecule has 0 amide bonds. The molecular formula is C22H41N.